The van der Waals surface area contributed by atoms with E-state index in [4.69, 9.17) is 4.74 Å². The minimum absolute atomic E-state index is 0.194. The molecule has 3 aromatic carbocycles. The van der Waals surface area contributed by atoms with Crippen LogP contribution >= 0.6 is 11.8 Å². The lowest BCUT2D eigenvalue weighted by Crippen LogP contribution is -2.38. The number of carbonyl (C=O) groups is 3. The summed E-state index contributed by atoms with van der Waals surface area (Å²) < 4.78 is 5.07. The number of ether oxygens (including phenoxy) is 1. The maximum Gasteiger partial charge on any atom is 0.317 e. The molecule has 0 radical (unpaired) electrons. The predicted octanol–water partition coefficient (Wildman–Crippen LogP) is 4.44. The van der Waals surface area contributed by atoms with Gasteiger partial charge in [0.2, 0.25) is 5.12 Å². The Morgan fingerprint density at radius 2 is 1.52 bits per heavy atom. The van der Waals surface area contributed by atoms with E-state index in [2.05, 4.69) is 5.32 Å². The number of hydrogen-bond donors (Lipinski definition) is 2. The van der Waals surface area contributed by atoms with Crippen LogP contribution in [0.5, 0.6) is 5.75 Å². The Balaban J connectivity index is 1.59. The summed E-state index contributed by atoms with van der Waals surface area (Å²) in [5.41, 5.74) is 3.31. The molecular weight excluding hydrogens is 438 g/mol. The maximum absolute atomic E-state index is 12.6. The molecule has 0 heterocycles. The van der Waals surface area contributed by atoms with E-state index in [0.717, 1.165) is 28.5 Å². The molecule has 0 fully saturated rings. The largest absolute Gasteiger partial charge is 0.497 e. The van der Waals surface area contributed by atoms with Crippen molar-refractivity contribution in [3.05, 3.63) is 90.0 Å². The molecule has 7 heteroatoms. The average molecular weight is 464 g/mol. The molecule has 0 saturated carbocycles. The standard InChI is InChI=1S/C26H25NO5S/c1-17(27-24(28)21-12-14-22(32-2)15-13-21)26(31)33-23(25(29)30)16-18-8-10-20(11-9-18)19-6-4-3-5-7-19/h3-15,17,23H,16H2,1-2H3,(H,27,28)(H,29,30)/t17-,23-/m1/s1. The third kappa shape index (κ3) is 6.70. The molecule has 0 saturated heterocycles. The highest BCUT2D eigenvalue weighted by molar-refractivity contribution is 8.14. The van der Waals surface area contributed by atoms with Crippen molar-refractivity contribution in [2.45, 2.75) is 24.6 Å². The molecule has 0 unspecified atom stereocenters. The Kier molecular flexibility index (Phi) is 8.27. The highest BCUT2D eigenvalue weighted by Crippen LogP contribution is 2.23. The number of aliphatic carboxylic acids is 1. The molecule has 2 atom stereocenters. The summed E-state index contributed by atoms with van der Waals surface area (Å²) in [5, 5.41) is 10.9. The van der Waals surface area contributed by atoms with Crippen molar-refractivity contribution in [1.82, 2.24) is 5.32 Å². The molecule has 3 aromatic rings. The van der Waals surface area contributed by atoms with Gasteiger partial charge in [-0.25, -0.2) is 0 Å². The highest BCUT2D eigenvalue weighted by atomic mass is 32.2. The molecule has 0 aliphatic carbocycles. The first-order chi connectivity index (χ1) is 15.9. The third-order valence-corrected chi connectivity index (χ3v) is 6.31. The van der Waals surface area contributed by atoms with Gasteiger partial charge in [0.15, 0.2) is 0 Å². The van der Waals surface area contributed by atoms with Gasteiger partial charge in [-0.15, -0.1) is 0 Å². The smallest absolute Gasteiger partial charge is 0.317 e. The number of carboxylic acid groups (broad SMARTS) is 1. The number of methoxy groups -OCH3 is 1. The molecule has 3 rings (SSSR count). The predicted molar refractivity (Wildman–Crippen MR) is 130 cm³/mol. The second-order valence-electron chi connectivity index (χ2n) is 7.45. The van der Waals surface area contributed by atoms with E-state index in [-0.39, 0.29) is 6.42 Å². The number of nitrogens with one attached hydrogen (secondary N) is 1. The van der Waals surface area contributed by atoms with Gasteiger partial charge in [0.25, 0.3) is 5.91 Å². The zero-order valence-electron chi connectivity index (χ0n) is 18.4. The van der Waals surface area contributed by atoms with E-state index < -0.39 is 28.3 Å². The topological polar surface area (TPSA) is 92.7 Å². The van der Waals surface area contributed by atoms with E-state index in [1.165, 1.54) is 7.11 Å². The van der Waals surface area contributed by atoms with Gasteiger partial charge in [-0.1, -0.05) is 66.4 Å². The van der Waals surface area contributed by atoms with Crippen molar-refractivity contribution in [3.63, 3.8) is 0 Å². The average Bonchev–Trinajstić information content (AvgIpc) is 2.84. The van der Waals surface area contributed by atoms with E-state index in [1.807, 2.05) is 54.6 Å². The summed E-state index contributed by atoms with van der Waals surface area (Å²) in [6.45, 7) is 1.55. The SMILES string of the molecule is COc1ccc(C(=O)N[C@H](C)C(=O)S[C@H](Cc2ccc(-c3ccccc3)cc2)C(=O)O)cc1. The number of hydrogen-bond acceptors (Lipinski definition) is 5. The van der Waals surface area contributed by atoms with Gasteiger partial charge in [0, 0.05) is 5.56 Å². The van der Waals surface area contributed by atoms with E-state index in [0.29, 0.717) is 11.3 Å². The van der Waals surface area contributed by atoms with Crippen LogP contribution in [0, 0.1) is 0 Å². The molecule has 0 aromatic heterocycles. The summed E-state index contributed by atoms with van der Waals surface area (Å²) in [6.07, 6.45) is 0.194. The fraction of sp³-hybridized carbons (Fsp3) is 0.192. The molecule has 33 heavy (non-hydrogen) atoms. The normalized spacial score (nSPS) is 12.4. The Labute approximate surface area is 197 Å². The molecule has 0 spiro atoms. The Bertz CT molecular complexity index is 1100. The first-order valence-electron chi connectivity index (χ1n) is 10.4. The minimum Gasteiger partial charge on any atom is -0.497 e. The number of thioether (sulfide) groups is 1. The fourth-order valence-corrected chi connectivity index (χ4v) is 4.10. The van der Waals surface area contributed by atoms with Crippen molar-refractivity contribution < 1.29 is 24.2 Å². The number of rotatable bonds is 9. The van der Waals surface area contributed by atoms with Gasteiger partial charge in [-0.3, -0.25) is 14.4 Å². The number of carboxylic acids is 1. The Hall–Kier alpha value is -3.58. The Morgan fingerprint density at radius 1 is 0.909 bits per heavy atom. The quantitative estimate of drug-likeness (QED) is 0.488. The summed E-state index contributed by atoms with van der Waals surface area (Å²) in [6, 6.07) is 23.2. The van der Waals surface area contributed by atoms with Crippen molar-refractivity contribution in [1.29, 1.82) is 0 Å². The number of amides is 1. The van der Waals surface area contributed by atoms with Crippen LogP contribution in [0.15, 0.2) is 78.9 Å². The molecule has 6 nitrogen and oxygen atoms in total. The van der Waals surface area contributed by atoms with E-state index in [9.17, 15) is 19.5 Å². The third-order valence-electron chi connectivity index (χ3n) is 5.07. The fourth-order valence-electron chi connectivity index (χ4n) is 3.18. The van der Waals surface area contributed by atoms with Crippen LogP contribution in [-0.4, -0.2) is 40.5 Å². The zero-order chi connectivity index (χ0) is 23.8. The van der Waals surface area contributed by atoms with Gasteiger partial charge in [0.1, 0.15) is 11.0 Å². The Morgan fingerprint density at radius 3 is 2.09 bits per heavy atom. The number of carbonyl (C=O) groups excluding carboxylic acids is 2. The van der Waals surface area contributed by atoms with Gasteiger partial charge >= 0.3 is 5.97 Å². The lowest BCUT2D eigenvalue weighted by atomic mass is 10.0. The molecule has 0 aliphatic heterocycles. The first-order valence-corrected chi connectivity index (χ1v) is 11.3. The van der Waals surface area contributed by atoms with Gasteiger partial charge in [-0.2, -0.15) is 0 Å². The van der Waals surface area contributed by atoms with Crippen molar-refractivity contribution >= 4 is 28.8 Å². The molecule has 170 valence electrons. The van der Waals surface area contributed by atoms with Crippen molar-refractivity contribution in [3.8, 4) is 16.9 Å². The first kappa shape index (κ1) is 24.1. The summed E-state index contributed by atoms with van der Waals surface area (Å²) in [5.74, 6) is -0.871. The minimum atomic E-state index is -1.07. The van der Waals surface area contributed by atoms with Crippen LogP contribution < -0.4 is 10.1 Å². The van der Waals surface area contributed by atoms with Gasteiger partial charge < -0.3 is 15.2 Å². The van der Waals surface area contributed by atoms with Crippen LogP contribution in [0.2, 0.25) is 0 Å². The van der Waals surface area contributed by atoms with Gasteiger partial charge in [-0.05, 0) is 54.3 Å². The van der Waals surface area contributed by atoms with Crippen LogP contribution in [0.25, 0.3) is 11.1 Å². The van der Waals surface area contributed by atoms with Crippen molar-refractivity contribution in [2.75, 3.05) is 7.11 Å². The summed E-state index contributed by atoms with van der Waals surface area (Å²) in [7, 11) is 1.53. The van der Waals surface area contributed by atoms with E-state index in [1.54, 1.807) is 31.2 Å². The second-order valence-corrected chi connectivity index (χ2v) is 8.66. The molecular formula is C26H25NO5S. The summed E-state index contributed by atoms with van der Waals surface area (Å²) in [4.78, 5) is 36.8. The van der Waals surface area contributed by atoms with Crippen LogP contribution in [-0.2, 0) is 16.0 Å². The van der Waals surface area contributed by atoms with Crippen molar-refractivity contribution in [2.24, 2.45) is 0 Å². The zero-order valence-corrected chi connectivity index (χ0v) is 19.2. The van der Waals surface area contributed by atoms with E-state index >= 15 is 0 Å². The summed E-state index contributed by atoms with van der Waals surface area (Å²) >= 11 is 0.726. The van der Waals surface area contributed by atoms with Gasteiger partial charge in [0.05, 0.1) is 13.2 Å². The van der Waals surface area contributed by atoms with Crippen LogP contribution in [0.3, 0.4) is 0 Å². The maximum atomic E-state index is 12.6. The van der Waals surface area contributed by atoms with Crippen LogP contribution in [0.4, 0.5) is 0 Å². The lowest BCUT2D eigenvalue weighted by molar-refractivity contribution is -0.136. The van der Waals surface area contributed by atoms with Crippen LogP contribution in [0.1, 0.15) is 22.8 Å². The molecule has 0 bridgehead atoms. The molecule has 1 amide bonds. The second kappa shape index (κ2) is 11.3. The lowest BCUT2D eigenvalue weighted by Gasteiger charge is -2.16. The molecule has 0 aliphatic rings. The number of benzene rings is 3. The molecule has 2 N–H and O–H groups in total. The highest BCUT2D eigenvalue weighted by Gasteiger charge is 2.26. The monoisotopic (exact) mass is 463 g/mol.